The number of rotatable bonds is 15. The van der Waals surface area contributed by atoms with Gasteiger partial charge in [0.2, 0.25) is 5.89 Å². The number of hydrogen-bond donors (Lipinski definition) is 0. The van der Waals surface area contributed by atoms with E-state index in [-0.39, 0.29) is 5.97 Å². The van der Waals surface area contributed by atoms with Crippen molar-refractivity contribution in [2.45, 2.75) is 25.7 Å². The summed E-state index contributed by atoms with van der Waals surface area (Å²) in [4.78, 5) is 27.5. The maximum atomic E-state index is 11.8. The summed E-state index contributed by atoms with van der Waals surface area (Å²) in [5.41, 5.74) is 3.10. The quantitative estimate of drug-likeness (QED) is 0.104. The molecule has 0 saturated carbocycles. The molecular formula is C31H31Cl2NO8. The number of carbonyl (C=O) groups excluding carboxylic acids is 2. The molecule has 11 heteroatoms. The van der Waals surface area contributed by atoms with Gasteiger partial charge in [0.15, 0.2) is 5.58 Å². The highest BCUT2D eigenvalue weighted by Crippen LogP contribution is 2.32. The highest BCUT2D eigenvalue weighted by atomic mass is 35.5. The third-order valence-corrected chi connectivity index (χ3v) is 6.80. The van der Waals surface area contributed by atoms with Crippen LogP contribution in [0.5, 0.6) is 11.5 Å². The molecule has 222 valence electrons. The van der Waals surface area contributed by atoms with Crippen molar-refractivity contribution in [1.29, 1.82) is 0 Å². The summed E-state index contributed by atoms with van der Waals surface area (Å²) in [7, 11) is 2.70. The van der Waals surface area contributed by atoms with Crippen LogP contribution in [-0.2, 0) is 25.4 Å². The number of benzene rings is 3. The number of nitrogens with zero attached hydrogens (tertiary/aromatic N) is 1. The first-order valence-corrected chi connectivity index (χ1v) is 14.1. The summed E-state index contributed by atoms with van der Waals surface area (Å²) >= 11 is 12.7. The monoisotopic (exact) mass is 615 g/mol. The summed E-state index contributed by atoms with van der Waals surface area (Å²) in [6.45, 7) is 1.97. The Kier molecular flexibility index (Phi) is 11.5. The highest BCUT2D eigenvalue weighted by Gasteiger charge is 2.14. The number of fused-ring (bicyclic) bond motifs is 1. The van der Waals surface area contributed by atoms with Crippen molar-refractivity contribution >= 4 is 46.2 Å². The second-order valence-corrected chi connectivity index (χ2v) is 10.0. The van der Waals surface area contributed by atoms with E-state index in [9.17, 15) is 9.59 Å². The maximum Gasteiger partial charge on any atom is 0.337 e. The fourth-order valence-electron chi connectivity index (χ4n) is 4.00. The molecule has 4 rings (SSSR count). The van der Waals surface area contributed by atoms with E-state index in [0.717, 1.165) is 5.56 Å². The van der Waals surface area contributed by atoms with Crippen LogP contribution < -0.4 is 9.47 Å². The molecule has 0 fully saturated rings. The van der Waals surface area contributed by atoms with Gasteiger partial charge in [-0.05, 0) is 60.5 Å². The Morgan fingerprint density at radius 2 is 1.50 bits per heavy atom. The summed E-state index contributed by atoms with van der Waals surface area (Å²) in [5, 5.41) is 0.934. The van der Waals surface area contributed by atoms with Crippen molar-refractivity contribution in [3.8, 4) is 23.0 Å². The lowest BCUT2D eigenvalue weighted by Gasteiger charge is -2.11. The van der Waals surface area contributed by atoms with Gasteiger partial charge < -0.3 is 28.1 Å². The van der Waals surface area contributed by atoms with Crippen LogP contribution in [0.2, 0.25) is 10.0 Å². The zero-order chi connectivity index (χ0) is 29.9. The summed E-state index contributed by atoms with van der Waals surface area (Å²) < 4.78 is 32.5. The molecule has 0 aliphatic carbocycles. The maximum absolute atomic E-state index is 11.8. The second kappa shape index (κ2) is 15.4. The van der Waals surface area contributed by atoms with Gasteiger partial charge in [-0.3, -0.25) is 4.79 Å². The van der Waals surface area contributed by atoms with Crippen molar-refractivity contribution in [3.63, 3.8) is 0 Å². The normalized spacial score (nSPS) is 11.0. The van der Waals surface area contributed by atoms with Gasteiger partial charge in [-0.1, -0.05) is 29.3 Å². The molecule has 9 nitrogen and oxygen atoms in total. The first kappa shape index (κ1) is 31.2. The zero-order valence-corrected chi connectivity index (χ0v) is 24.8. The van der Waals surface area contributed by atoms with Crippen LogP contribution in [0.1, 0.15) is 35.2 Å². The molecule has 0 saturated heterocycles. The lowest BCUT2D eigenvalue weighted by molar-refractivity contribution is -0.140. The molecule has 0 N–H and O–H groups in total. The van der Waals surface area contributed by atoms with E-state index in [4.69, 9.17) is 46.6 Å². The largest absolute Gasteiger partial charge is 0.492 e. The molecular weight excluding hydrogens is 585 g/mol. The lowest BCUT2D eigenvalue weighted by atomic mass is 10.1. The SMILES string of the molecule is COC(=O)CCc1ccc(OCCCOCCCOc2ccc(-c3nc4ccc(C(=O)OC)cc4o3)cc2Cl)c(Cl)c1. The van der Waals surface area contributed by atoms with Crippen molar-refractivity contribution in [3.05, 3.63) is 75.8 Å². The molecule has 4 aromatic rings. The number of ether oxygens (including phenoxy) is 5. The molecule has 0 aliphatic rings. The fourth-order valence-corrected chi connectivity index (χ4v) is 4.49. The molecule has 1 aromatic heterocycles. The van der Waals surface area contributed by atoms with Crippen molar-refractivity contribution in [1.82, 2.24) is 4.98 Å². The summed E-state index contributed by atoms with van der Waals surface area (Å²) in [6.07, 6.45) is 2.25. The Hall–Kier alpha value is -3.79. The van der Waals surface area contributed by atoms with Crippen LogP contribution in [0.25, 0.3) is 22.6 Å². The van der Waals surface area contributed by atoms with Crippen LogP contribution in [0.3, 0.4) is 0 Å². The number of methoxy groups -OCH3 is 2. The third-order valence-electron chi connectivity index (χ3n) is 6.21. The predicted octanol–water partition coefficient (Wildman–Crippen LogP) is 6.95. The van der Waals surface area contributed by atoms with Crippen LogP contribution in [0.15, 0.2) is 59.0 Å². The number of esters is 2. The number of hydrogen-bond acceptors (Lipinski definition) is 9. The standard InChI is InChI=1S/C31H31Cl2NO8/c1-37-29(35)12-6-20-5-10-26(23(32)17-20)40-15-3-13-39-14-4-16-41-27-11-8-21(18-24(27)33)30-34-25-9-7-22(31(36)38-2)19-28(25)42-30/h5,7-11,17-19H,3-4,6,12-16H2,1-2H3. The Morgan fingerprint density at radius 1 is 0.810 bits per heavy atom. The van der Waals surface area contributed by atoms with E-state index < -0.39 is 5.97 Å². The van der Waals surface area contributed by atoms with Gasteiger partial charge in [-0.2, -0.15) is 0 Å². The number of oxazole rings is 1. The van der Waals surface area contributed by atoms with Gasteiger partial charge in [-0.15, -0.1) is 0 Å². The predicted molar refractivity (Wildman–Crippen MR) is 159 cm³/mol. The fraction of sp³-hybridized carbons (Fsp3) is 0.323. The third kappa shape index (κ3) is 8.61. The molecule has 0 atom stereocenters. The molecule has 1 heterocycles. The van der Waals surface area contributed by atoms with E-state index in [0.29, 0.717) is 102 Å². The summed E-state index contributed by atoms with van der Waals surface area (Å²) in [6, 6.07) is 15.7. The minimum atomic E-state index is -0.447. The number of carbonyl (C=O) groups is 2. The minimum absolute atomic E-state index is 0.257. The van der Waals surface area contributed by atoms with E-state index in [2.05, 4.69) is 9.72 Å². The van der Waals surface area contributed by atoms with Crippen LogP contribution in [-0.4, -0.2) is 57.6 Å². The van der Waals surface area contributed by atoms with E-state index >= 15 is 0 Å². The van der Waals surface area contributed by atoms with Crippen molar-refractivity contribution < 1.29 is 37.7 Å². The number of halogens is 2. The molecule has 0 unspecified atom stereocenters. The topological polar surface area (TPSA) is 106 Å². The number of aromatic nitrogens is 1. The smallest absolute Gasteiger partial charge is 0.337 e. The Balaban J connectivity index is 1.13. The average Bonchev–Trinajstić information content (AvgIpc) is 3.43. The van der Waals surface area contributed by atoms with Gasteiger partial charge in [0.05, 0.1) is 43.0 Å². The molecule has 0 radical (unpaired) electrons. The first-order valence-electron chi connectivity index (χ1n) is 13.4. The lowest BCUT2D eigenvalue weighted by Crippen LogP contribution is -2.07. The Morgan fingerprint density at radius 3 is 2.14 bits per heavy atom. The Bertz CT molecular complexity index is 1520. The van der Waals surface area contributed by atoms with Crippen LogP contribution >= 0.6 is 23.2 Å². The second-order valence-electron chi connectivity index (χ2n) is 9.20. The highest BCUT2D eigenvalue weighted by molar-refractivity contribution is 6.32. The van der Waals surface area contributed by atoms with E-state index in [1.807, 2.05) is 12.1 Å². The zero-order valence-electron chi connectivity index (χ0n) is 23.3. The van der Waals surface area contributed by atoms with Crippen LogP contribution in [0.4, 0.5) is 0 Å². The van der Waals surface area contributed by atoms with Crippen molar-refractivity contribution in [2.24, 2.45) is 0 Å². The van der Waals surface area contributed by atoms with Gasteiger partial charge >= 0.3 is 11.9 Å². The molecule has 42 heavy (non-hydrogen) atoms. The van der Waals surface area contributed by atoms with Gasteiger partial charge in [-0.25, -0.2) is 9.78 Å². The van der Waals surface area contributed by atoms with E-state index in [1.165, 1.54) is 14.2 Å². The first-order chi connectivity index (χ1) is 20.4. The van der Waals surface area contributed by atoms with E-state index in [1.54, 1.807) is 42.5 Å². The van der Waals surface area contributed by atoms with Gasteiger partial charge in [0.25, 0.3) is 0 Å². The summed E-state index contributed by atoms with van der Waals surface area (Å²) in [5.74, 6) is 0.822. The number of aryl methyl sites for hydroxylation is 1. The molecule has 0 bridgehead atoms. The van der Waals surface area contributed by atoms with Crippen LogP contribution in [0, 0.1) is 0 Å². The molecule has 0 aliphatic heterocycles. The molecule has 3 aromatic carbocycles. The molecule has 0 spiro atoms. The molecule has 0 amide bonds. The van der Waals surface area contributed by atoms with Gasteiger partial charge in [0, 0.05) is 38.0 Å². The Labute approximate surface area is 253 Å². The average molecular weight is 616 g/mol. The van der Waals surface area contributed by atoms with Crippen molar-refractivity contribution in [2.75, 3.05) is 40.6 Å². The minimum Gasteiger partial charge on any atom is -0.492 e. The van der Waals surface area contributed by atoms with Gasteiger partial charge in [0.1, 0.15) is 17.0 Å².